The summed E-state index contributed by atoms with van der Waals surface area (Å²) in [5, 5.41) is 0. The lowest BCUT2D eigenvalue weighted by Gasteiger charge is -2.23. The van der Waals surface area contributed by atoms with Crippen LogP contribution in [0.25, 0.3) is 0 Å². The molecule has 0 aromatic heterocycles. The fraction of sp³-hybridized carbons (Fsp3) is 0.381. The van der Waals surface area contributed by atoms with E-state index in [1.807, 2.05) is 59.5 Å². The molecule has 2 aromatic rings. The first kappa shape index (κ1) is 18.3. The van der Waals surface area contributed by atoms with Crippen LogP contribution in [0.1, 0.15) is 23.7 Å². The number of amides is 1. The molecule has 0 spiro atoms. The zero-order chi connectivity index (χ0) is 18.4. The summed E-state index contributed by atoms with van der Waals surface area (Å²) in [5.41, 5.74) is 6.37. The fourth-order valence-electron chi connectivity index (χ4n) is 3.35. The maximum absolute atomic E-state index is 13.0. The van der Waals surface area contributed by atoms with Crippen molar-refractivity contribution < 1.29 is 14.3 Å². The molecule has 1 heterocycles. The lowest BCUT2D eigenvalue weighted by atomic mass is 10.1. The maximum Gasteiger partial charge on any atom is 0.257 e. The first-order chi connectivity index (χ1) is 12.7. The van der Waals surface area contributed by atoms with Gasteiger partial charge in [0.05, 0.1) is 5.56 Å². The molecule has 0 radical (unpaired) electrons. The smallest absolute Gasteiger partial charge is 0.257 e. The Bertz CT molecular complexity index is 720. The molecule has 3 rings (SSSR count). The number of benzene rings is 2. The molecule has 1 fully saturated rings. The number of hydrogen-bond acceptors (Lipinski definition) is 4. The second kappa shape index (κ2) is 8.72. The minimum absolute atomic E-state index is 0.00743. The summed E-state index contributed by atoms with van der Waals surface area (Å²) in [5.74, 6) is 1.78. The molecule has 2 N–H and O–H groups in total. The van der Waals surface area contributed by atoms with Crippen LogP contribution in [0.3, 0.4) is 0 Å². The van der Waals surface area contributed by atoms with Crippen LogP contribution in [0.4, 0.5) is 0 Å². The van der Waals surface area contributed by atoms with Gasteiger partial charge >= 0.3 is 0 Å². The summed E-state index contributed by atoms with van der Waals surface area (Å²) in [7, 11) is 0. The van der Waals surface area contributed by atoms with Crippen molar-refractivity contribution in [3.05, 3.63) is 60.2 Å². The van der Waals surface area contributed by atoms with Crippen molar-refractivity contribution >= 4 is 5.91 Å². The molecule has 138 valence electrons. The van der Waals surface area contributed by atoms with Crippen LogP contribution in [0.5, 0.6) is 11.5 Å². The largest absolute Gasteiger partial charge is 0.490 e. The van der Waals surface area contributed by atoms with Gasteiger partial charge in [0.25, 0.3) is 5.91 Å². The van der Waals surface area contributed by atoms with Crippen molar-refractivity contribution in [2.45, 2.75) is 19.4 Å². The topological polar surface area (TPSA) is 64.8 Å². The lowest BCUT2D eigenvalue weighted by molar-refractivity contribution is 0.0738. The Labute approximate surface area is 154 Å². The van der Waals surface area contributed by atoms with Crippen LogP contribution in [0, 0.1) is 5.92 Å². The third-order valence-corrected chi connectivity index (χ3v) is 4.73. The van der Waals surface area contributed by atoms with Gasteiger partial charge in [0.2, 0.25) is 0 Å². The molecule has 1 aliphatic heterocycles. The third kappa shape index (κ3) is 4.35. The Morgan fingerprint density at radius 2 is 1.77 bits per heavy atom. The van der Waals surface area contributed by atoms with Gasteiger partial charge in [-0.25, -0.2) is 0 Å². The number of nitrogens with two attached hydrogens (primary N) is 1. The number of carbonyl (C=O) groups is 1. The number of hydrogen-bond donors (Lipinski definition) is 1. The van der Waals surface area contributed by atoms with E-state index in [0.717, 1.165) is 12.2 Å². The lowest BCUT2D eigenvalue weighted by Crippen LogP contribution is -2.34. The Morgan fingerprint density at radius 3 is 2.50 bits per heavy atom. The van der Waals surface area contributed by atoms with Crippen molar-refractivity contribution in [2.75, 3.05) is 26.3 Å². The van der Waals surface area contributed by atoms with Crippen molar-refractivity contribution in [3.63, 3.8) is 0 Å². The summed E-state index contributed by atoms with van der Waals surface area (Å²) >= 11 is 0. The van der Waals surface area contributed by atoms with Gasteiger partial charge in [0.1, 0.15) is 24.7 Å². The molecule has 1 saturated heterocycles. The van der Waals surface area contributed by atoms with E-state index in [2.05, 4.69) is 6.92 Å². The van der Waals surface area contributed by atoms with Gasteiger partial charge in [0.15, 0.2) is 0 Å². The molecule has 5 heteroatoms. The number of carbonyl (C=O) groups excluding carboxylic acids is 1. The highest BCUT2D eigenvalue weighted by atomic mass is 16.5. The van der Waals surface area contributed by atoms with E-state index in [1.54, 1.807) is 0 Å². The van der Waals surface area contributed by atoms with Crippen molar-refractivity contribution in [2.24, 2.45) is 11.7 Å². The zero-order valence-electron chi connectivity index (χ0n) is 15.1. The van der Waals surface area contributed by atoms with Crippen LogP contribution in [0.15, 0.2) is 54.6 Å². The minimum Gasteiger partial charge on any atom is -0.490 e. The predicted molar refractivity (Wildman–Crippen MR) is 102 cm³/mol. The molecule has 1 amide bonds. The maximum atomic E-state index is 13.0. The van der Waals surface area contributed by atoms with E-state index < -0.39 is 0 Å². The molecular weight excluding hydrogens is 328 g/mol. The molecule has 1 aliphatic rings. The molecule has 2 atom stereocenters. The summed E-state index contributed by atoms with van der Waals surface area (Å²) < 4.78 is 11.5. The van der Waals surface area contributed by atoms with E-state index in [4.69, 9.17) is 15.2 Å². The molecule has 0 bridgehead atoms. The summed E-state index contributed by atoms with van der Waals surface area (Å²) in [6.45, 7) is 4.19. The Kier molecular flexibility index (Phi) is 6.12. The second-order valence-electron chi connectivity index (χ2n) is 6.65. The normalized spacial score (nSPS) is 19.4. The van der Waals surface area contributed by atoms with Gasteiger partial charge in [0, 0.05) is 12.6 Å². The van der Waals surface area contributed by atoms with Gasteiger partial charge in [-0.15, -0.1) is 0 Å². The average molecular weight is 354 g/mol. The zero-order valence-corrected chi connectivity index (χ0v) is 15.1. The van der Waals surface area contributed by atoms with Crippen LogP contribution in [0.2, 0.25) is 0 Å². The Hall–Kier alpha value is -2.53. The molecule has 2 aromatic carbocycles. The van der Waals surface area contributed by atoms with Crippen LogP contribution in [-0.4, -0.2) is 43.2 Å². The average Bonchev–Trinajstić information content (AvgIpc) is 3.07. The number of likely N-dealkylation sites (tertiary alicyclic amines) is 1. The third-order valence-electron chi connectivity index (χ3n) is 4.73. The number of ether oxygens (including phenoxy) is 2. The molecule has 0 saturated carbocycles. The molecule has 5 nitrogen and oxygen atoms in total. The summed E-state index contributed by atoms with van der Waals surface area (Å²) in [6.07, 6.45) is 0.955. The van der Waals surface area contributed by atoms with Gasteiger partial charge < -0.3 is 20.1 Å². The van der Waals surface area contributed by atoms with Crippen molar-refractivity contribution in [1.82, 2.24) is 4.90 Å². The first-order valence-electron chi connectivity index (χ1n) is 9.09. The van der Waals surface area contributed by atoms with Gasteiger partial charge in [-0.1, -0.05) is 30.3 Å². The predicted octanol–water partition coefficient (Wildman–Crippen LogP) is 2.95. The summed E-state index contributed by atoms with van der Waals surface area (Å²) in [6, 6.07) is 17.2. The second-order valence-corrected chi connectivity index (χ2v) is 6.65. The first-order valence-corrected chi connectivity index (χ1v) is 9.09. The SMILES string of the molecule is CC1CC(CN)CN1C(=O)c1ccccc1OCCOc1ccccc1. The van der Waals surface area contributed by atoms with Gasteiger partial charge in [-0.05, 0) is 50.1 Å². The molecule has 0 aliphatic carbocycles. The van der Waals surface area contributed by atoms with E-state index in [9.17, 15) is 4.79 Å². The monoisotopic (exact) mass is 354 g/mol. The van der Waals surface area contributed by atoms with Gasteiger partial charge in [-0.2, -0.15) is 0 Å². The molecule has 2 unspecified atom stereocenters. The number of para-hydroxylation sites is 2. The van der Waals surface area contributed by atoms with Gasteiger partial charge in [-0.3, -0.25) is 4.79 Å². The number of nitrogens with zero attached hydrogens (tertiary/aromatic N) is 1. The Balaban J connectivity index is 1.60. The minimum atomic E-state index is 0.00743. The Morgan fingerprint density at radius 1 is 1.08 bits per heavy atom. The highest BCUT2D eigenvalue weighted by molar-refractivity contribution is 5.97. The van der Waals surface area contributed by atoms with Crippen LogP contribution >= 0.6 is 0 Å². The van der Waals surface area contributed by atoms with Crippen LogP contribution < -0.4 is 15.2 Å². The quantitative estimate of drug-likeness (QED) is 0.777. The van der Waals surface area contributed by atoms with Crippen LogP contribution in [-0.2, 0) is 0 Å². The fourth-order valence-corrected chi connectivity index (χ4v) is 3.35. The standard InChI is InChI=1S/C21H26N2O3/c1-16-13-17(14-22)15-23(16)21(24)19-9-5-6-10-20(19)26-12-11-25-18-7-3-2-4-8-18/h2-10,16-17H,11-15,22H2,1H3. The molecule has 26 heavy (non-hydrogen) atoms. The van der Waals surface area contributed by atoms with E-state index in [-0.39, 0.29) is 11.9 Å². The number of rotatable bonds is 7. The summed E-state index contributed by atoms with van der Waals surface area (Å²) in [4.78, 5) is 14.9. The van der Waals surface area contributed by atoms with E-state index in [0.29, 0.717) is 43.5 Å². The van der Waals surface area contributed by atoms with E-state index >= 15 is 0 Å². The van der Waals surface area contributed by atoms with Crippen molar-refractivity contribution in [1.29, 1.82) is 0 Å². The highest BCUT2D eigenvalue weighted by Crippen LogP contribution is 2.27. The molecular formula is C21H26N2O3. The van der Waals surface area contributed by atoms with Crippen molar-refractivity contribution in [3.8, 4) is 11.5 Å². The van der Waals surface area contributed by atoms with E-state index in [1.165, 1.54) is 0 Å². The highest BCUT2D eigenvalue weighted by Gasteiger charge is 2.33.